The van der Waals surface area contributed by atoms with Gasteiger partial charge in [-0.05, 0) is 12.1 Å². The molecule has 0 aliphatic heterocycles. The fourth-order valence-electron chi connectivity index (χ4n) is 2.74. The largest absolute Gasteiger partial charge is 0.419 e. The molecule has 1 aromatic carbocycles. The minimum Gasteiger partial charge on any atom is -0.419 e. The molecule has 0 N–H and O–H groups in total. The second kappa shape index (κ2) is 6.93. The van der Waals surface area contributed by atoms with E-state index in [1.165, 1.54) is 0 Å². The molecule has 0 amide bonds. The van der Waals surface area contributed by atoms with Crippen LogP contribution in [0.4, 0.5) is 5.82 Å². The Morgan fingerprint density at radius 2 is 2.00 bits per heavy atom. The highest BCUT2D eigenvalue weighted by Gasteiger charge is 2.15. The van der Waals surface area contributed by atoms with E-state index in [1.807, 2.05) is 54.4 Å². The van der Waals surface area contributed by atoms with Gasteiger partial charge in [-0.2, -0.15) is 9.61 Å². The van der Waals surface area contributed by atoms with Crippen molar-refractivity contribution in [3.8, 4) is 11.5 Å². The van der Waals surface area contributed by atoms with Crippen molar-refractivity contribution in [1.82, 2.24) is 24.8 Å². The van der Waals surface area contributed by atoms with E-state index in [-0.39, 0.29) is 0 Å². The van der Waals surface area contributed by atoms with Crippen LogP contribution in [0.5, 0.6) is 0 Å². The van der Waals surface area contributed by atoms with Crippen LogP contribution in [0.3, 0.4) is 0 Å². The first kappa shape index (κ1) is 16.2. The van der Waals surface area contributed by atoms with Gasteiger partial charge < -0.3 is 14.1 Å². The van der Waals surface area contributed by atoms with E-state index in [0.29, 0.717) is 24.9 Å². The molecule has 26 heavy (non-hydrogen) atoms. The van der Waals surface area contributed by atoms with Crippen molar-refractivity contribution in [2.45, 2.75) is 13.2 Å². The normalized spacial score (nSPS) is 11.2. The maximum atomic E-state index is 5.80. The fourth-order valence-corrected chi connectivity index (χ4v) is 2.74. The third-order valence-corrected chi connectivity index (χ3v) is 3.94. The number of methoxy groups -OCH3 is 1. The number of rotatable bonds is 6. The van der Waals surface area contributed by atoms with Crippen molar-refractivity contribution in [1.29, 1.82) is 0 Å². The predicted octanol–water partition coefficient (Wildman–Crippen LogP) is 2.56. The number of aromatic nitrogens is 5. The number of hydrogen-bond acceptors (Lipinski definition) is 7. The molecule has 8 heteroatoms. The minimum atomic E-state index is 0.432. The van der Waals surface area contributed by atoms with Crippen LogP contribution in [0.25, 0.3) is 17.1 Å². The van der Waals surface area contributed by atoms with Crippen molar-refractivity contribution in [2.24, 2.45) is 0 Å². The van der Waals surface area contributed by atoms with Crippen LogP contribution in [-0.2, 0) is 17.9 Å². The summed E-state index contributed by atoms with van der Waals surface area (Å²) in [5, 5.41) is 12.6. The Morgan fingerprint density at radius 3 is 2.81 bits per heavy atom. The van der Waals surface area contributed by atoms with Gasteiger partial charge in [0, 0.05) is 31.9 Å². The molecule has 0 saturated heterocycles. The number of nitrogens with zero attached hydrogens (tertiary/aromatic N) is 6. The van der Waals surface area contributed by atoms with Crippen LogP contribution in [0.2, 0.25) is 0 Å². The van der Waals surface area contributed by atoms with Gasteiger partial charge in [0.15, 0.2) is 5.65 Å². The molecule has 4 aromatic rings. The number of ether oxygens (including phenoxy) is 1. The summed E-state index contributed by atoms with van der Waals surface area (Å²) in [4.78, 5) is 6.51. The molecule has 0 spiro atoms. The highest BCUT2D eigenvalue weighted by Crippen LogP contribution is 2.21. The molecule has 0 radical (unpaired) electrons. The zero-order valence-corrected chi connectivity index (χ0v) is 14.5. The first-order chi connectivity index (χ1) is 12.7. The lowest BCUT2D eigenvalue weighted by molar-refractivity contribution is 0.181. The molecule has 132 valence electrons. The molecule has 8 nitrogen and oxygen atoms in total. The Hall–Kier alpha value is -3.26. The SMILES string of the molecule is COCc1cc(N(C)Cc2nnc(-c3ccccc3)o2)n2nccc2n1. The van der Waals surface area contributed by atoms with Crippen molar-refractivity contribution >= 4 is 11.5 Å². The van der Waals surface area contributed by atoms with Gasteiger partial charge in [-0.25, -0.2) is 4.98 Å². The summed E-state index contributed by atoms with van der Waals surface area (Å²) in [6, 6.07) is 13.5. The van der Waals surface area contributed by atoms with Crippen LogP contribution in [-0.4, -0.2) is 39.0 Å². The number of fused-ring (bicyclic) bond motifs is 1. The molecule has 0 atom stereocenters. The van der Waals surface area contributed by atoms with Crippen molar-refractivity contribution < 1.29 is 9.15 Å². The van der Waals surface area contributed by atoms with E-state index in [9.17, 15) is 0 Å². The third kappa shape index (κ3) is 3.14. The molecule has 0 fully saturated rings. The zero-order chi connectivity index (χ0) is 17.9. The second-order valence-electron chi connectivity index (χ2n) is 5.86. The monoisotopic (exact) mass is 350 g/mol. The van der Waals surface area contributed by atoms with Gasteiger partial charge in [-0.15, -0.1) is 10.2 Å². The molecule has 0 aliphatic rings. The maximum absolute atomic E-state index is 5.80. The summed E-state index contributed by atoms with van der Waals surface area (Å²) in [6.45, 7) is 0.881. The Labute approximate surface area is 150 Å². The lowest BCUT2D eigenvalue weighted by Crippen LogP contribution is -2.20. The van der Waals surface area contributed by atoms with Gasteiger partial charge in [-0.1, -0.05) is 18.2 Å². The van der Waals surface area contributed by atoms with Crippen molar-refractivity contribution in [3.05, 3.63) is 60.2 Å². The van der Waals surface area contributed by atoms with E-state index in [1.54, 1.807) is 17.8 Å². The van der Waals surface area contributed by atoms with Crippen LogP contribution in [0.1, 0.15) is 11.6 Å². The standard InChI is InChI=1S/C18H18N6O2/c1-23(11-16-21-22-18(26-16)13-6-4-3-5-7-13)17-10-14(12-25-2)20-15-8-9-19-24(15)17/h3-10H,11-12H2,1-2H3. The Kier molecular flexibility index (Phi) is 4.32. The topological polar surface area (TPSA) is 81.6 Å². The summed E-state index contributed by atoms with van der Waals surface area (Å²) in [5.41, 5.74) is 2.49. The Bertz CT molecular complexity index is 1010. The van der Waals surface area contributed by atoms with Crippen LogP contribution >= 0.6 is 0 Å². The molecular weight excluding hydrogens is 332 g/mol. The van der Waals surface area contributed by atoms with Gasteiger partial charge in [0.05, 0.1) is 25.0 Å². The maximum Gasteiger partial charge on any atom is 0.247 e. The van der Waals surface area contributed by atoms with Gasteiger partial charge >= 0.3 is 0 Å². The van der Waals surface area contributed by atoms with Crippen molar-refractivity contribution in [3.63, 3.8) is 0 Å². The fraction of sp³-hybridized carbons (Fsp3) is 0.222. The molecule has 4 rings (SSSR count). The van der Waals surface area contributed by atoms with Crippen molar-refractivity contribution in [2.75, 3.05) is 19.1 Å². The highest BCUT2D eigenvalue weighted by molar-refractivity contribution is 5.52. The average molecular weight is 350 g/mol. The Morgan fingerprint density at radius 1 is 1.15 bits per heavy atom. The molecule has 0 unspecified atom stereocenters. The molecule has 0 bridgehead atoms. The number of anilines is 1. The lowest BCUT2D eigenvalue weighted by atomic mass is 10.2. The number of benzene rings is 1. The highest BCUT2D eigenvalue weighted by atomic mass is 16.5. The summed E-state index contributed by atoms with van der Waals surface area (Å²) in [7, 11) is 3.59. The minimum absolute atomic E-state index is 0.432. The van der Waals surface area contributed by atoms with Crippen LogP contribution in [0, 0.1) is 0 Å². The zero-order valence-electron chi connectivity index (χ0n) is 14.5. The van der Waals surface area contributed by atoms with E-state index < -0.39 is 0 Å². The van der Waals surface area contributed by atoms with Gasteiger partial charge in [0.2, 0.25) is 11.8 Å². The van der Waals surface area contributed by atoms with E-state index in [0.717, 1.165) is 22.7 Å². The molecule has 0 saturated carbocycles. The van der Waals surface area contributed by atoms with E-state index in [2.05, 4.69) is 20.3 Å². The smallest absolute Gasteiger partial charge is 0.247 e. The summed E-state index contributed by atoms with van der Waals surface area (Å²) < 4.78 is 12.8. The van der Waals surface area contributed by atoms with Gasteiger partial charge in [0.1, 0.15) is 5.82 Å². The predicted molar refractivity (Wildman–Crippen MR) is 95.5 cm³/mol. The summed E-state index contributed by atoms with van der Waals surface area (Å²) in [5.74, 6) is 1.90. The van der Waals surface area contributed by atoms with E-state index in [4.69, 9.17) is 9.15 Å². The first-order valence-electron chi connectivity index (χ1n) is 8.16. The third-order valence-electron chi connectivity index (χ3n) is 3.94. The molecule has 3 aromatic heterocycles. The summed E-state index contributed by atoms with van der Waals surface area (Å²) in [6.07, 6.45) is 1.72. The quantitative estimate of drug-likeness (QED) is 0.528. The van der Waals surface area contributed by atoms with E-state index >= 15 is 0 Å². The first-order valence-corrected chi connectivity index (χ1v) is 8.16. The molecule has 0 aliphatic carbocycles. The second-order valence-corrected chi connectivity index (χ2v) is 5.86. The number of hydrogen-bond donors (Lipinski definition) is 0. The average Bonchev–Trinajstić information content (AvgIpc) is 3.31. The Balaban J connectivity index is 1.61. The summed E-state index contributed by atoms with van der Waals surface area (Å²) >= 11 is 0. The molecule has 3 heterocycles. The molecular formula is C18H18N6O2. The van der Waals surface area contributed by atoms with Gasteiger partial charge in [-0.3, -0.25) is 0 Å². The van der Waals surface area contributed by atoms with Crippen LogP contribution in [0.15, 0.2) is 53.1 Å². The van der Waals surface area contributed by atoms with Gasteiger partial charge in [0.25, 0.3) is 0 Å². The van der Waals surface area contributed by atoms with Crippen LogP contribution < -0.4 is 4.90 Å². The lowest BCUT2D eigenvalue weighted by Gasteiger charge is -2.18.